The molecular weight excluding hydrogens is 410 g/mol. The van der Waals surface area contributed by atoms with E-state index in [0.29, 0.717) is 5.75 Å². The molecule has 7 nitrogen and oxygen atoms in total. The first-order valence-corrected chi connectivity index (χ1v) is 10.9. The molecule has 3 aromatic carbocycles. The lowest BCUT2D eigenvalue weighted by Gasteiger charge is -2.11. The minimum Gasteiger partial charge on any atom is -0.495 e. The molecule has 0 saturated heterocycles. The average molecular weight is 428 g/mol. The van der Waals surface area contributed by atoms with E-state index in [1.54, 1.807) is 0 Å². The average Bonchev–Trinajstić information content (AvgIpc) is 3.09. The Balaban J connectivity index is 1.72. The van der Waals surface area contributed by atoms with Gasteiger partial charge in [-0.3, -0.25) is 9.52 Å². The van der Waals surface area contributed by atoms with Crippen LogP contribution in [0.5, 0.6) is 5.75 Å². The van der Waals surface area contributed by atoms with Crippen LogP contribution in [-0.4, -0.2) is 26.4 Å². The van der Waals surface area contributed by atoms with E-state index in [1.807, 2.05) is 36.4 Å². The lowest BCUT2D eigenvalue weighted by atomic mass is 10.1. The van der Waals surface area contributed by atoms with Gasteiger partial charge < -0.3 is 10.1 Å². The van der Waals surface area contributed by atoms with E-state index in [0.717, 1.165) is 21.0 Å². The van der Waals surface area contributed by atoms with Crippen LogP contribution in [0, 0.1) is 0 Å². The van der Waals surface area contributed by atoms with Gasteiger partial charge in [0.1, 0.15) is 5.75 Å². The molecule has 0 saturated carbocycles. The van der Waals surface area contributed by atoms with Gasteiger partial charge in [0.15, 0.2) is 5.13 Å². The third-order valence-electron chi connectivity index (χ3n) is 4.30. The second-order valence-corrected chi connectivity index (χ2v) is 9.01. The Morgan fingerprint density at radius 3 is 2.66 bits per heavy atom. The van der Waals surface area contributed by atoms with Crippen molar-refractivity contribution >= 4 is 59.1 Å². The van der Waals surface area contributed by atoms with Crippen molar-refractivity contribution in [3.8, 4) is 5.75 Å². The predicted octanol–water partition coefficient (Wildman–Crippen LogP) is 4.22. The van der Waals surface area contributed by atoms with Crippen LogP contribution in [0.1, 0.15) is 6.92 Å². The van der Waals surface area contributed by atoms with E-state index in [2.05, 4.69) is 15.0 Å². The van der Waals surface area contributed by atoms with Gasteiger partial charge in [-0.15, -0.1) is 0 Å². The van der Waals surface area contributed by atoms with Crippen LogP contribution in [0.15, 0.2) is 59.5 Å². The van der Waals surface area contributed by atoms with E-state index >= 15 is 0 Å². The number of aromatic nitrogens is 1. The summed E-state index contributed by atoms with van der Waals surface area (Å²) in [7, 11) is -2.46. The van der Waals surface area contributed by atoms with Gasteiger partial charge in [-0.2, -0.15) is 0 Å². The molecule has 4 rings (SSSR count). The smallest absolute Gasteiger partial charge is 0.263 e. The normalized spacial score (nSPS) is 11.5. The lowest BCUT2D eigenvalue weighted by molar-refractivity contribution is -0.114. The highest BCUT2D eigenvalue weighted by molar-refractivity contribution is 7.93. The Morgan fingerprint density at radius 2 is 1.90 bits per heavy atom. The van der Waals surface area contributed by atoms with Crippen LogP contribution in [0.25, 0.3) is 21.0 Å². The molecule has 0 atom stereocenters. The molecule has 0 aliphatic heterocycles. The van der Waals surface area contributed by atoms with Crippen molar-refractivity contribution in [2.75, 3.05) is 17.1 Å². The molecule has 1 heterocycles. The quantitative estimate of drug-likeness (QED) is 0.497. The molecule has 0 spiro atoms. The van der Waals surface area contributed by atoms with Crippen LogP contribution in [-0.2, 0) is 14.8 Å². The highest BCUT2D eigenvalue weighted by atomic mass is 32.2. The van der Waals surface area contributed by atoms with Gasteiger partial charge >= 0.3 is 0 Å². The fourth-order valence-corrected chi connectivity index (χ4v) is 5.16. The fraction of sp³-hybridized carbons (Fsp3) is 0.100. The number of ether oxygens (including phenoxy) is 1. The number of thiazole rings is 1. The number of amides is 1. The molecular formula is C20H17N3O4S2. The summed E-state index contributed by atoms with van der Waals surface area (Å²) in [6.45, 7) is 1.34. The number of fused-ring (bicyclic) bond motifs is 3. The van der Waals surface area contributed by atoms with Crippen molar-refractivity contribution in [3.05, 3.63) is 54.6 Å². The second kappa shape index (κ2) is 7.34. The Morgan fingerprint density at radius 1 is 1.10 bits per heavy atom. The number of carbonyl (C=O) groups excluding carboxylic acids is 1. The molecule has 29 heavy (non-hydrogen) atoms. The molecule has 9 heteroatoms. The largest absolute Gasteiger partial charge is 0.495 e. The van der Waals surface area contributed by atoms with Crippen LogP contribution < -0.4 is 14.8 Å². The van der Waals surface area contributed by atoms with E-state index in [4.69, 9.17) is 4.74 Å². The topological polar surface area (TPSA) is 97.4 Å². The standard InChI is InChI=1S/C20H17N3O4S2/c1-12(24)21-16-11-14(8-9-17(16)27-2)29(25,26)23-20-22-19-15-6-4-3-5-13(15)7-10-18(19)28-20/h3-11H,1-2H3,(H,21,24)(H,22,23). The molecule has 1 aromatic heterocycles. The SMILES string of the molecule is COc1ccc(S(=O)(=O)Nc2nc3c(ccc4ccccc43)s2)cc1NC(C)=O. The number of carbonyl (C=O) groups is 1. The summed E-state index contributed by atoms with van der Waals surface area (Å²) in [5.74, 6) is 0.0365. The van der Waals surface area contributed by atoms with Gasteiger partial charge in [0.05, 0.1) is 27.9 Å². The third kappa shape index (κ3) is 3.74. The molecule has 2 N–H and O–H groups in total. The zero-order valence-electron chi connectivity index (χ0n) is 15.6. The first-order chi connectivity index (χ1) is 13.9. The minimum absolute atomic E-state index is 0.00818. The van der Waals surface area contributed by atoms with Crippen molar-refractivity contribution in [1.29, 1.82) is 0 Å². The summed E-state index contributed by atoms with van der Waals surface area (Å²) < 4.78 is 34.4. The number of benzene rings is 3. The fourth-order valence-electron chi connectivity index (χ4n) is 3.02. The molecule has 0 aliphatic rings. The second-order valence-electron chi connectivity index (χ2n) is 6.30. The number of rotatable bonds is 5. The maximum Gasteiger partial charge on any atom is 0.263 e. The highest BCUT2D eigenvalue weighted by Gasteiger charge is 2.19. The summed E-state index contributed by atoms with van der Waals surface area (Å²) >= 11 is 1.26. The van der Waals surface area contributed by atoms with Crippen LogP contribution in [0.3, 0.4) is 0 Å². The zero-order valence-corrected chi connectivity index (χ0v) is 17.2. The number of sulfonamides is 1. The molecule has 148 valence electrons. The highest BCUT2D eigenvalue weighted by Crippen LogP contribution is 2.33. The Labute approximate surface area is 171 Å². The summed E-state index contributed by atoms with van der Waals surface area (Å²) in [6.07, 6.45) is 0. The molecule has 0 bridgehead atoms. The zero-order chi connectivity index (χ0) is 20.6. The van der Waals surface area contributed by atoms with Crippen molar-refractivity contribution in [2.24, 2.45) is 0 Å². The molecule has 0 aliphatic carbocycles. The van der Waals surface area contributed by atoms with Gasteiger partial charge in [0.2, 0.25) is 5.91 Å². The van der Waals surface area contributed by atoms with Gasteiger partial charge in [-0.1, -0.05) is 41.7 Å². The summed E-state index contributed by atoms with van der Waals surface area (Å²) in [5.41, 5.74) is 1.03. The van der Waals surface area contributed by atoms with Crippen molar-refractivity contribution in [1.82, 2.24) is 4.98 Å². The third-order valence-corrected chi connectivity index (χ3v) is 6.70. The Hall–Kier alpha value is -3.17. The van der Waals surface area contributed by atoms with Crippen molar-refractivity contribution in [3.63, 3.8) is 0 Å². The van der Waals surface area contributed by atoms with Crippen LogP contribution >= 0.6 is 11.3 Å². The van der Waals surface area contributed by atoms with Crippen LogP contribution in [0.4, 0.5) is 10.8 Å². The van der Waals surface area contributed by atoms with Gasteiger partial charge in [0.25, 0.3) is 10.0 Å². The molecule has 1 amide bonds. The van der Waals surface area contributed by atoms with E-state index in [9.17, 15) is 13.2 Å². The van der Waals surface area contributed by atoms with Gasteiger partial charge in [0, 0.05) is 12.3 Å². The van der Waals surface area contributed by atoms with Crippen molar-refractivity contribution in [2.45, 2.75) is 11.8 Å². The number of methoxy groups -OCH3 is 1. The maximum atomic E-state index is 12.9. The number of nitrogens with one attached hydrogen (secondary N) is 2. The van der Waals surface area contributed by atoms with Crippen molar-refractivity contribution < 1.29 is 17.9 Å². The molecule has 0 radical (unpaired) electrons. The lowest BCUT2D eigenvalue weighted by Crippen LogP contribution is -2.14. The maximum absolute atomic E-state index is 12.9. The monoisotopic (exact) mass is 427 g/mol. The van der Waals surface area contributed by atoms with E-state index in [-0.39, 0.29) is 21.6 Å². The predicted molar refractivity (Wildman–Crippen MR) is 115 cm³/mol. The van der Waals surface area contributed by atoms with E-state index in [1.165, 1.54) is 43.6 Å². The Bertz CT molecular complexity index is 1350. The van der Waals surface area contributed by atoms with Gasteiger partial charge in [-0.25, -0.2) is 13.4 Å². The number of anilines is 2. The summed E-state index contributed by atoms with van der Waals surface area (Å²) in [6, 6.07) is 16.0. The first kappa shape index (κ1) is 19.2. The molecule has 0 fully saturated rings. The minimum atomic E-state index is -3.91. The molecule has 4 aromatic rings. The first-order valence-electron chi connectivity index (χ1n) is 8.64. The number of hydrogen-bond acceptors (Lipinski definition) is 6. The summed E-state index contributed by atoms with van der Waals surface area (Å²) in [4.78, 5) is 15.9. The van der Waals surface area contributed by atoms with Crippen LogP contribution in [0.2, 0.25) is 0 Å². The number of nitrogens with zero attached hydrogens (tertiary/aromatic N) is 1. The molecule has 0 unspecified atom stereocenters. The van der Waals surface area contributed by atoms with Gasteiger partial charge in [-0.05, 0) is 29.7 Å². The summed E-state index contributed by atoms with van der Waals surface area (Å²) in [5, 5.41) is 4.84. The Kier molecular flexibility index (Phi) is 4.85. The van der Waals surface area contributed by atoms with E-state index < -0.39 is 10.0 Å². The number of hydrogen-bond donors (Lipinski definition) is 2.